The largest absolute Gasteiger partial charge is 2.00 e. The van der Waals surface area contributed by atoms with Crippen LogP contribution < -0.4 is 5.11 Å². The monoisotopic (exact) mass is 341 g/mol. The van der Waals surface area contributed by atoms with Crippen LogP contribution in [0.15, 0.2) is 23.3 Å². The number of hydrogen-bond donors (Lipinski definition) is 0. The van der Waals surface area contributed by atoms with Crippen LogP contribution in [0.4, 0.5) is 0 Å². The molecule has 0 radical (unpaired) electrons. The van der Waals surface area contributed by atoms with Crippen molar-refractivity contribution in [2.45, 2.75) is 66.2 Å². The van der Waals surface area contributed by atoms with Crippen molar-refractivity contribution in [3.63, 3.8) is 0 Å². The topological polar surface area (TPSA) is 40.1 Å². The summed E-state index contributed by atoms with van der Waals surface area (Å²) in [6.45, 7) is 8.83. The molecule has 0 heterocycles. The third kappa shape index (κ3) is 3.09. The van der Waals surface area contributed by atoms with Crippen LogP contribution in [0.1, 0.15) is 66.2 Å². The van der Waals surface area contributed by atoms with Crippen LogP contribution >= 0.6 is 0 Å². The number of rotatable bonds is 2. The van der Waals surface area contributed by atoms with Gasteiger partial charge in [0.25, 0.3) is 0 Å². The number of aliphatic carboxylic acids is 1. The maximum atomic E-state index is 11.8. The molecule has 0 bridgehead atoms. The van der Waals surface area contributed by atoms with E-state index in [-0.39, 0.29) is 49.1 Å². The summed E-state index contributed by atoms with van der Waals surface area (Å²) < 4.78 is 0. The Balaban J connectivity index is 0.00000192. The molecule has 0 aromatic rings. The van der Waals surface area contributed by atoms with E-state index in [4.69, 9.17) is 0 Å². The Morgan fingerprint density at radius 2 is 2.00 bits per heavy atom. The van der Waals surface area contributed by atoms with Gasteiger partial charge in [0, 0.05) is 11.4 Å². The minimum absolute atomic E-state index is 0. The van der Waals surface area contributed by atoms with Gasteiger partial charge in [0.1, 0.15) is 0 Å². The molecule has 0 aromatic carbocycles. The molecule has 0 amide bonds. The summed E-state index contributed by atoms with van der Waals surface area (Å²) in [6, 6.07) is 0. The molecule has 0 N–H and O–H groups in total. The number of fused-ring (bicyclic) bond motifs is 3. The van der Waals surface area contributed by atoms with Crippen molar-refractivity contribution >= 4 is 43.7 Å². The molecule has 1 fully saturated rings. The molecule has 3 heteroatoms. The summed E-state index contributed by atoms with van der Waals surface area (Å²) >= 11 is 0. The summed E-state index contributed by atoms with van der Waals surface area (Å²) in [4.78, 5) is 11.8. The minimum atomic E-state index is -0.838. The SMILES string of the molecule is CC(C)C1=CC2=CC[C@@H]3[C@](C)(CCC[C@@]3(C)C(=O)[O-])[C@H]2CC1.[Ca+2]. The van der Waals surface area contributed by atoms with Gasteiger partial charge in [-0.15, -0.1) is 0 Å². The fourth-order valence-electron chi connectivity index (χ4n) is 5.59. The zero-order valence-corrected chi connectivity index (χ0v) is 17.4. The predicted molar refractivity (Wildman–Crippen MR) is 92.7 cm³/mol. The van der Waals surface area contributed by atoms with Crippen molar-refractivity contribution in [2.75, 3.05) is 0 Å². The Kier molecular flexibility index (Phi) is 5.81. The van der Waals surface area contributed by atoms with Crippen molar-refractivity contribution in [3.05, 3.63) is 23.3 Å². The second-order valence-corrected chi connectivity index (χ2v) is 8.52. The average molecular weight is 342 g/mol. The van der Waals surface area contributed by atoms with E-state index in [9.17, 15) is 9.90 Å². The Morgan fingerprint density at radius 1 is 1.30 bits per heavy atom. The summed E-state index contributed by atoms with van der Waals surface area (Å²) in [5, 5.41) is 11.8. The van der Waals surface area contributed by atoms with Crippen LogP contribution in [0.2, 0.25) is 0 Å². The standard InChI is InChI=1S/C20H30O2.Ca/c1-13(2)14-6-8-16-15(12-14)7-9-17-19(16,3)10-5-11-20(17,4)18(21)22;/h7,12-13,16-17H,5-6,8-11H2,1-4H3,(H,21,22);/q;+2/p-1/t16-,17+,19+,20+;/m0./s1. The second kappa shape index (κ2) is 6.84. The third-order valence-electron chi connectivity index (χ3n) is 7.05. The number of carboxylic acids is 1. The van der Waals surface area contributed by atoms with Crippen molar-refractivity contribution in [1.29, 1.82) is 0 Å². The van der Waals surface area contributed by atoms with Gasteiger partial charge in [-0.3, -0.25) is 0 Å². The van der Waals surface area contributed by atoms with Crippen LogP contribution in [0, 0.1) is 28.6 Å². The number of allylic oxidation sites excluding steroid dienone is 4. The molecule has 0 saturated heterocycles. The first-order valence-electron chi connectivity index (χ1n) is 8.91. The van der Waals surface area contributed by atoms with E-state index >= 15 is 0 Å². The number of carboxylic acid groups (broad SMARTS) is 1. The van der Waals surface area contributed by atoms with Gasteiger partial charge in [0.05, 0.1) is 0 Å². The number of carbonyl (C=O) groups is 1. The van der Waals surface area contributed by atoms with E-state index < -0.39 is 11.4 Å². The first kappa shape index (κ1) is 19.5. The van der Waals surface area contributed by atoms with Crippen molar-refractivity contribution in [1.82, 2.24) is 0 Å². The third-order valence-corrected chi connectivity index (χ3v) is 7.05. The first-order valence-corrected chi connectivity index (χ1v) is 8.91. The van der Waals surface area contributed by atoms with Crippen LogP contribution in [0.3, 0.4) is 0 Å². The van der Waals surface area contributed by atoms with Gasteiger partial charge in [-0.1, -0.05) is 51.8 Å². The van der Waals surface area contributed by atoms with E-state index in [0.29, 0.717) is 11.8 Å². The molecule has 0 spiro atoms. The van der Waals surface area contributed by atoms with Gasteiger partial charge in [-0.25, -0.2) is 0 Å². The molecule has 2 nitrogen and oxygen atoms in total. The van der Waals surface area contributed by atoms with Crippen LogP contribution in [-0.2, 0) is 4.79 Å². The quantitative estimate of drug-likeness (QED) is 0.721. The zero-order chi connectivity index (χ0) is 16.1. The van der Waals surface area contributed by atoms with Crippen LogP contribution in [0.5, 0.6) is 0 Å². The summed E-state index contributed by atoms with van der Waals surface area (Å²) in [6.07, 6.45) is 11.0. The summed E-state index contributed by atoms with van der Waals surface area (Å²) in [7, 11) is 0. The molecule has 1 saturated carbocycles. The minimum Gasteiger partial charge on any atom is -0.550 e. The molecular formula is C20H29CaO2+. The molecule has 0 aliphatic heterocycles. The van der Waals surface area contributed by atoms with Crippen molar-refractivity contribution in [2.24, 2.45) is 28.6 Å². The second-order valence-electron chi connectivity index (χ2n) is 8.52. The Morgan fingerprint density at radius 3 is 2.61 bits per heavy atom. The Bertz CT molecular complexity index is 548. The molecule has 0 aromatic heterocycles. The molecule has 122 valence electrons. The Labute approximate surface area is 170 Å². The van der Waals surface area contributed by atoms with Crippen molar-refractivity contribution in [3.8, 4) is 0 Å². The normalized spacial score (nSPS) is 39.5. The Hall–Kier alpha value is 0.210. The molecule has 3 rings (SSSR count). The molecule has 3 aliphatic carbocycles. The van der Waals surface area contributed by atoms with E-state index in [2.05, 4.69) is 32.9 Å². The molecule has 0 unspecified atom stereocenters. The summed E-state index contributed by atoms with van der Waals surface area (Å²) in [5.41, 5.74) is 2.51. The fourth-order valence-corrected chi connectivity index (χ4v) is 5.59. The fraction of sp³-hybridized carbons (Fsp3) is 0.750. The molecule has 4 atom stereocenters. The van der Waals surface area contributed by atoms with E-state index in [1.54, 1.807) is 5.57 Å². The van der Waals surface area contributed by atoms with E-state index in [0.717, 1.165) is 25.7 Å². The van der Waals surface area contributed by atoms with Gasteiger partial charge in [-0.05, 0) is 60.8 Å². The van der Waals surface area contributed by atoms with Gasteiger partial charge >= 0.3 is 37.7 Å². The molecule has 3 aliphatic rings. The smallest absolute Gasteiger partial charge is 0.550 e. The zero-order valence-electron chi connectivity index (χ0n) is 15.2. The maximum absolute atomic E-state index is 11.8. The van der Waals surface area contributed by atoms with Crippen LogP contribution in [0.25, 0.3) is 0 Å². The maximum Gasteiger partial charge on any atom is 2.00 e. The number of hydrogen-bond acceptors (Lipinski definition) is 2. The molecule has 23 heavy (non-hydrogen) atoms. The summed E-state index contributed by atoms with van der Waals surface area (Å²) in [5.74, 6) is 0.538. The molecular weight excluding hydrogens is 312 g/mol. The van der Waals surface area contributed by atoms with Gasteiger partial charge in [0.2, 0.25) is 0 Å². The van der Waals surface area contributed by atoms with E-state index in [1.165, 1.54) is 18.4 Å². The number of carbonyl (C=O) groups excluding carboxylic acids is 1. The van der Waals surface area contributed by atoms with Gasteiger partial charge < -0.3 is 9.90 Å². The predicted octanol–water partition coefficient (Wildman–Crippen LogP) is 3.49. The van der Waals surface area contributed by atoms with Crippen molar-refractivity contribution < 1.29 is 9.90 Å². The van der Waals surface area contributed by atoms with Gasteiger partial charge in [-0.2, -0.15) is 0 Å². The van der Waals surface area contributed by atoms with E-state index in [1.807, 2.05) is 6.92 Å². The average Bonchev–Trinajstić information content (AvgIpc) is 2.46. The van der Waals surface area contributed by atoms with Gasteiger partial charge in [0.15, 0.2) is 0 Å². The van der Waals surface area contributed by atoms with Crippen LogP contribution in [-0.4, -0.2) is 43.7 Å². The first-order chi connectivity index (χ1) is 10.3.